The molecule has 5 heteroatoms. The van der Waals surface area contributed by atoms with Crippen LogP contribution in [0.2, 0.25) is 0 Å². The molecule has 80 valence electrons. The van der Waals surface area contributed by atoms with Gasteiger partial charge in [-0.1, -0.05) is 11.8 Å². The van der Waals surface area contributed by atoms with Crippen molar-refractivity contribution in [2.75, 3.05) is 0 Å². The first kappa shape index (κ1) is 9.72. The highest BCUT2D eigenvalue weighted by molar-refractivity contribution is 8.02. The highest BCUT2D eigenvalue weighted by Crippen LogP contribution is 2.39. The van der Waals surface area contributed by atoms with Gasteiger partial charge in [-0.25, -0.2) is 15.0 Å². The average molecular weight is 231 g/mol. The Morgan fingerprint density at radius 1 is 1.38 bits per heavy atom. The zero-order chi connectivity index (χ0) is 11.3. The molecule has 16 heavy (non-hydrogen) atoms. The van der Waals surface area contributed by atoms with Gasteiger partial charge in [0.2, 0.25) is 0 Å². The van der Waals surface area contributed by atoms with Crippen LogP contribution in [0.1, 0.15) is 16.8 Å². The van der Waals surface area contributed by atoms with Crippen LogP contribution in [0.15, 0.2) is 21.1 Å². The molecule has 4 nitrogen and oxygen atoms in total. The molecule has 0 fully saturated rings. The third kappa shape index (κ3) is 1.24. The molecule has 0 spiro atoms. The summed E-state index contributed by atoms with van der Waals surface area (Å²) in [7, 11) is 0. The van der Waals surface area contributed by atoms with Crippen molar-refractivity contribution in [2.24, 2.45) is 9.98 Å². The van der Waals surface area contributed by atoms with Crippen LogP contribution < -0.4 is 0 Å². The fraction of sp³-hybridized carbons (Fsp3) is 0.273. The number of aromatic nitrogens is 1. The Bertz CT molecular complexity index is 563. The average Bonchev–Trinajstić information content (AvgIpc) is 2.57. The van der Waals surface area contributed by atoms with Gasteiger partial charge in [0, 0.05) is 11.3 Å². The van der Waals surface area contributed by atoms with Gasteiger partial charge in [0.25, 0.3) is 5.91 Å². The predicted molar refractivity (Wildman–Crippen MR) is 63.4 cm³/mol. The normalized spacial score (nSPS) is 21.8. The van der Waals surface area contributed by atoms with E-state index in [1.54, 1.807) is 0 Å². The summed E-state index contributed by atoms with van der Waals surface area (Å²) in [5, 5.41) is 0.619. The van der Waals surface area contributed by atoms with Crippen molar-refractivity contribution in [1.29, 1.82) is 0 Å². The fourth-order valence-corrected chi connectivity index (χ4v) is 3.27. The highest BCUT2D eigenvalue weighted by atomic mass is 32.2. The first-order valence-corrected chi connectivity index (χ1v) is 5.84. The first-order valence-electron chi connectivity index (χ1n) is 4.96. The Hall–Kier alpha value is -1.49. The molecule has 0 saturated carbocycles. The zero-order valence-electron chi connectivity index (χ0n) is 8.89. The van der Waals surface area contributed by atoms with Crippen LogP contribution >= 0.6 is 11.8 Å². The summed E-state index contributed by atoms with van der Waals surface area (Å²) < 4.78 is 0. The van der Waals surface area contributed by atoms with Crippen molar-refractivity contribution < 1.29 is 4.79 Å². The van der Waals surface area contributed by atoms with E-state index in [0.717, 1.165) is 27.6 Å². The number of nitrogens with zero attached hydrogens (tertiary/aromatic N) is 3. The van der Waals surface area contributed by atoms with E-state index in [2.05, 4.69) is 15.0 Å². The number of aliphatic imine (C=N–C) groups is 2. The second-order valence-corrected chi connectivity index (χ2v) is 4.95. The van der Waals surface area contributed by atoms with Crippen molar-refractivity contribution in [2.45, 2.75) is 24.1 Å². The molecule has 0 N–H and O–H groups in total. The maximum atomic E-state index is 11.6. The number of amides is 1. The van der Waals surface area contributed by atoms with Gasteiger partial charge in [-0.05, 0) is 25.5 Å². The number of hydrogen-bond donors (Lipinski definition) is 0. The smallest absolute Gasteiger partial charge is 0.266 e. The van der Waals surface area contributed by atoms with Crippen LogP contribution in [-0.2, 0) is 4.79 Å². The van der Waals surface area contributed by atoms with Gasteiger partial charge in [0.05, 0.1) is 5.71 Å². The van der Waals surface area contributed by atoms with Crippen LogP contribution in [0.3, 0.4) is 0 Å². The molecular weight excluding hydrogens is 222 g/mol. The number of carbonyl (C=O) groups excluding carboxylic acids is 1. The van der Waals surface area contributed by atoms with Crippen molar-refractivity contribution in [3.05, 3.63) is 22.9 Å². The molecule has 1 aromatic heterocycles. The molecule has 1 amide bonds. The summed E-state index contributed by atoms with van der Waals surface area (Å²) in [6.07, 6.45) is 1.34. The molecule has 1 unspecified atom stereocenters. The zero-order valence-corrected chi connectivity index (χ0v) is 9.71. The van der Waals surface area contributed by atoms with Gasteiger partial charge in [0.1, 0.15) is 16.6 Å². The molecular formula is C11H9N3OS. The lowest BCUT2D eigenvalue weighted by molar-refractivity contribution is -0.116. The second-order valence-electron chi connectivity index (χ2n) is 3.86. The SMILES string of the molecule is Cc1cc(C)c2c(n1)SC1C(=O)N=CN=C21. The molecule has 0 radical (unpaired) electrons. The number of fused-ring (bicyclic) bond motifs is 3. The molecule has 1 aromatic rings. The quantitative estimate of drug-likeness (QED) is 0.680. The summed E-state index contributed by atoms with van der Waals surface area (Å²) in [6, 6.07) is 2.01. The summed E-state index contributed by atoms with van der Waals surface area (Å²) in [4.78, 5) is 24.0. The number of aryl methyl sites for hydroxylation is 2. The monoisotopic (exact) mass is 231 g/mol. The Balaban J connectivity index is 2.23. The van der Waals surface area contributed by atoms with Gasteiger partial charge in [0.15, 0.2) is 0 Å². The van der Waals surface area contributed by atoms with E-state index in [1.807, 2.05) is 19.9 Å². The third-order valence-electron chi connectivity index (χ3n) is 2.65. The van der Waals surface area contributed by atoms with Crippen molar-refractivity contribution >= 4 is 29.7 Å². The molecule has 0 aliphatic carbocycles. The van der Waals surface area contributed by atoms with Gasteiger partial charge >= 0.3 is 0 Å². The summed E-state index contributed by atoms with van der Waals surface area (Å²) in [6.45, 7) is 3.98. The number of carbonyl (C=O) groups is 1. The van der Waals surface area contributed by atoms with Crippen molar-refractivity contribution in [3.8, 4) is 0 Å². The Morgan fingerprint density at radius 3 is 3.00 bits per heavy atom. The minimum Gasteiger partial charge on any atom is -0.271 e. The van der Waals surface area contributed by atoms with Crippen LogP contribution in [-0.4, -0.2) is 28.2 Å². The standard InChI is InChI=1S/C11H9N3OS/c1-5-3-6(2)14-11-7(5)8-9(16-11)10(15)13-4-12-8/h3-4,9H,1-2H3. The number of rotatable bonds is 0. The molecule has 2 aliphatic heterocycles. The molecule has 1 atom stereocenters. The van der Waals surface area contributed by atoms with Crippen molar-refractivity contribution in [3.63, 3.8) is 0 Å². The second kappa shape index (κ2) is 3.25. The van der Waals surface area contributed by atoms with Crippen molar-refractivity contribution in [1.82, 2.24) is 4.98 Å². The molecule has 3 rings (SSSR count). The van der Waals surface area contributed by atoms with Crippen LogP contribution in [0, 0.1) is 13.8 Å². The summed E-state index contributed by atoms with van der Waals surface area (Å²) in [5.74, 6) is -0.134. The lowest BCUT2D eigenvalue weighted by Gasteiger charge is -2.09. The topological polar surface area (TPSA) is 54.7 Å². The van der Waals surface area contributed by atoms with Crippen LogP contribution in [0.4, 0.5) is 0 Å². The lowest BCUT2D eigenvalue weighted by Crippen LogP contribution is -2.25. The van der Waals surface area contributed by atoms with Gasteiger partial charge in [-0.2, -0.15) is 0 Å². The molecule has 0 saturated heterocycles. The predicted octanol–water partition coefficient (Wildman–Crippen LogP) is 1.53. The maximum Gasteiger partial charge on any atom is 0.266 e. The van der Waals surface area contributed by atoms with E-state index in [0.29, 0.717) is 0 Å². The van der Waals surface area contributed by atoms with E-state index in [4.69, 9.17) is 0 Å². The van der Waals surface area contributed by atoms with Crippen LogP contribution in [0.5, 0.6) is 0 Å². The molecule has 0 aromatic carbocycles. The van der Waals surface area contributed by atoms with E-state index in [-0.39, 0.29) is 11.2 Å². The number of hydrogen-bond acceptors (Lipinski definition) is 4. The molecule has 0 bridgehead atoms. The van der Waals surface area contributed by atoms with Gasteiger partial charge in [-0.15, -0.1) is 0 Å². The Morgan fingerprint density at radius 2 is 2.19 bits per heavy atom. The molecule has 2 aliphatic rings. The lowest BCUT2D eigenvalue weighted by atomic mass is 10.0. The van der Waals surface area contributed by atoms with E-state index in [1.165, 1.54) is 18.1 Å². The van der Waals surface area contributed by atoms with E-state index < -0.39 is 0 Å². The number of pyridine rings is 1. The van der Waals surface area contributed by atoms with E-state index in [9.17, 15) is 4.79 Å². The minimum atomic E-state index is -0.284. The fourth-order valence-electron chi connectivity index (χ4n) is 2.01. The van der Waals surface area contributed by atoms with Gasteiger partial charge in [-0.3, -0.25) is 4.79 Å². The van der Waals surface area contributed by atoms with Gasteiger partial charge < -0.3 is 0 Å². The number of thioether (sulfide) groups is 1. The summed E-state index contributed by atoms with van der Waals surface area (Å²) >= 11 is 1.45. The highest BCUT2D eigenvalue weighted by Gasteiger charge is 2.38. The minimum absolute atomic E-state index is 0.134. The first-order chi connectivity index (χ1) is 7.66. The maximum absolute atomic E-state index is 11.6. The van der Waals surface area contributed by atoms with Crippen LogP contribution in [0.25, 0.3) is 0 Å². The summed E-state index contributed by atoms with van der Waals surface area (Å²) in [5.41, 5.74) is 3.92. The Labute approximate surface area is 96.9 Å². The molecule has 3 heterocycles. The largest absolute Gasteiger partial charge is 0.271 e. The third-order valence-corrected chi connectivity index (χ3v) is 3.83. The van der Waals surface area contributed by atoms with E-state index >= 15 is 0 Å². The Kier molecular flexibility index (Phi) is 1.97.